The molecule has 0 saturated heterocycles. The molecule has 0 spiro atoms. The number of pyridine rings is 2. The van der Waals surface area contributed by atoms with Crippen LogP contribution in [0.1, 0.15) is 21.5 Å². The molecule has 0 radical (unpaired) electrons. The first kappa shape index (κ1) is 17.1. The summed E-state index contributed by atoms with van der Waals surface area (Å²) in [6.45, 7) is 2.47. The van der Waals surface area contributed by atoms with E-state index in [0.717, 1.165) is 27.0 Å². The number of carbonyl (C=O) groups excluding carboxylic acids is 1. The number of nitrogens with one attached hydrogen (secondary N) is 2. The molecule has 3 aromatic rings. The maximum Gasteiger partial charge on any atom is 0.253 e. The van der Waals surface area contributed by atoms with Gasteiger partial charge in [0.15, 0.2) is 0 Å². The predicted octanol–water partition coefficient (Wildman–Crippen LogP) is 4.22. The molecule has 2 heterocycles. The first-order valence-electron chi connectivity index (χ1n) is 7.77. The summed E-state index contributed by atoms with van der Waals surface area (Å²) in [4.78, 5) is 20.4. The number of aromatic nitrogens is 2. The minimum absolute atomic E-state index is 0.167. The molecule has 1 amide bonds. The minimum atomic E-state index is -0.167. The lowest BCUT2D eigenvalue weighted by atomic mass is 10.2. The smallest absolute Gasteiger partial charge is 0.253 e. The Kier molecular flexibility index (Phi) is 5.40. The Balaban J connectivity index is 1.68. The molecule has 1 aromatic carbocycles. The van der Waals surface area contributed by atoms with Gasteiger partial charge in [-0.25, -0.2) is 0 Å². The molecule has 0 aliphatic heterocycles. The van der Waals surface area contributed by atoms with Crippen molar-refractivity contribution < 1.29 is 4.79 Å². The second-order valence-electron chi connectivity index (χ2n) is 5.59. The molecule has 0 bridgehead atoms. The molecule has 25 heavy (non-hydrogen) atoms. The second kappa shape index (κ2) is 7.90. The Morgan fingerprint density at radius 2 is 1.84 bits per heavy atom. The van der Waals surface area contributed by atoms with Crippen LogP contribution in [-0.4, -0.2) is 15.9 Å². The summed E-state index contributed by atoms with van der Waals surface area (Å²) in [5, 5.41) is 6.15. The fraction of sp³-hybridized carbons (Fsp3) is 0.105. The summed E-state index contributed by atoms with van der Waals surface area (Å²) in [6.07, 6.45) is 6.65. The van der Waals surface area contributed by atoms with E-state index in [2.05, 4.69) is 36.5 Å². The van der Waals surface area contributed by atoms with E-state index in [0.29, 0.717) is 12.1 Å². The van der Waals surface area contributed by atoms with Gasteiger partial charge in [0.25, 0.3) is 5.91 Å². The van der Waals surface area contributed by atoms with Gasteiger partial charge in [-0.1, -0.05) is 15.9 Å². The van der Waals surface area contributed by atoms with Crippen LogP contribution in [0.4, 0.5) is 11.4 Å². The molecule has 0 atom stereocenters. The number of amides is 1. The number of carbonyl (C=O) groups is 1. The van der Waals surface area contributed by atoms with Crippen LogP contribution >= 0.6 is 15.9 Å². The monoisotopic (exact) mass is 396 g/mol. The van der Waals surface area contributed by atoms with Gasteiger partial charge in [-0.15, -0.1) is 0 Å². The number of halogens is 1. The summed E-state index contributed by atoms with van der Waals surface area (Å²) < 4.78 is 1.06. The largest absolute Gasteiger partial charge is 0.354 e. The molecule has 2 aromatic heterocycles. The van der Waals surface area contributed by atoms with Gasteiger partial charge in [0.1, 0.15) is 0 Å². The fourth-order valence-electron chi connectivity index (χ4n) is 2.31. The number of hydrogen-bond acceptors (Lipinski definition) is 4. The van der Waals surface area contributed by atoms with Crippen molar-refractivity contribution in [1.82, 2.24) is 15.3 Å². The fourth-order valence-corrected chi connectivity index (χ4v) is 2.55. The van der Waals surface area contributed by atoms with Crippen LogP contribution in [-0.2, 0) is 6.54 Å². The molecular weight excluding hydrogens is 380 g/mol. The molecule has 0 aliphatic carbocycles. The van der Waals surface area contributed by atoms with Crippen molar-refractivity contribution in [3.63, 3.8) is 0 Å². The van der Waals surface area contributed by atoms with E-state index >= 15 is 0 Å². The van der Waals surface area contributed by atoms with Gasteiger partial charge >= 0.3 is 0 Å². The Morgan fingerprint density at radius 3 is 2.60 bits per heavy atom. The van der Waals surface area contributed by atoms with Crippen LogP contribution in [0.15, 0.2) is 65.7 Å². The highest BCUT2D eigenvalue weighted by Crippen LogP contribution is 2.23. The molecule has 126 valence electrons. The van der Waals surface area contributed by atoms with Crippen LogP contribution in [0, 0.1) is 6.92 Å². The van der Waals surface area contributed by atoms with Crippen LogP contribution in [0.2, 0.25) is 0 Å². The first-order valence-corrected chi connectivity index (χ1v) is 8.56. The van der Waals surface area contributed by atoms with E-state index in [9.17, 15) is 4.79 Å². The average Bonchev–Trinajstić information content (AvgIpc) is 2.64. The van der Waals surface area contributed by atoms with Gasteiger partial charge in [0, 0.05) is 35.3 Å². The normalized spacial score (nSPS) is 10.3. The molecule has 0 unspecified atom stereocenters. The Bertz CT molecular complexity index is 884. The van der Waals surface area contributed by atoms with Crippen LogP contribution in [0.3, 0.4) is 0 Å². The highest BCUT2D eigenvalue weighted by Gasteiger charge is 2.07. The molecular formula is C19H17BrN4O. The third-order valence-corrected chi connectivity index (χ3v) is 4.54. The van der Waals surface area contributed by atoms with Crippen molar-refractivity contribution in [2.24, 2.45) is 0 Å². The number of anilines is 2. The van der Waals surface area contributed by atoms with Gasteiger partial charge in [-0.05, 0) is 54.4 Å². The zero-order valence-corrected chi connectivity index (χ0v) is 15.2. The van der Waals surface area contributed by atoms with Gasteiger partial charge in [-0.2, -0.15) is 0 Å². The summed E-state index contributed by atoms with van der Waals surface area (Å²) in [7, 11) is 0. The Labute approximate surface area is 154 Å². The van der Waals surface area contributed by atoms with Crippen LogP contribution in [0.25, 0.3) is 0 Å². The topological polar surface area (TPSA) is 66.9 Å². The average molecular weight is 397 g/mol. The second-order valence-corrected chi connectivity index (χ2v) is 6.44. The maximum absolute atomic E-state index is 12.3. The van der Waals surface area contributed by atoms with Crippen molar-refractivity contribution >= 4 is 33.2 Å². The van der Waals surface area contributed by atoms with Crippen molar-refractivity contribution in [3.05, 3.63) is 82.3 Å². The number of hydrogen-bond donors (Lipinski definition) is 2. The van der Waals surface area contributed by atoms with E-state index < -0.39 is 0 Å². The van der Waals surface area contributed by atoms with Gasteiger partial charge in [0.2, 0.25) is 0 Å². The maximum atomic E-state index is 12.3. The van der Waals surface area contributed by atoms with Gasteiger partial charge in [-0.3, -0.25) is 14.8 Å². The standard InChI is InChI=1S/C19H17BrN4O/c1-13-8-16(2-3-18(13)20)24-17-9-15(11-22-12-17)19(25)23-10-14-4-6-21-7-5-14/h2-9,11-12,24H,10H2,1H3,(H,23,25). The summed E-state index contributed by atoms with van der Waals surface area (Å²) in [5.41, 5.74) is 4.34. The number of benzene rings is 1. The molecule has 2 N–H and O–H groups in total. The highest BCUT2D eigenvalue weighted by molar-refractivity contribution is 9.10. The van der Waals surface area contributed by atoms with Gasteiger partial charge in [0.05, 0.1) is 17.4 Å². The zero-order valence-electron chi connectivity index (χ0n) is 13.7. The Hall–Kier alpha value is -2.73. The predicted molar refractivity (Wildman–Crippen MR) is 102 cm³/mol. The molecule has 3 rings (SSSR count). The highest BCUT2D eigenvalue weighted by atomic mass is 79.9. The lowest BCUT2D eigenvalue weighted by Crippen LogP contribution is -2.23. The SMILES string of the molecule is Cc1cc(Nc2cncc(C(=O)NCc3ccncc3)c2)ccc1Br. The van der Waals surface area contributed by atoms with Crippen molar-refractivity contribution in [2.45, 2.75) is 13.5 Å². The van der Waals surface area contributed by atoms with E-state index in [-0.39, 0.29) is 5.91 Å². The summed E-state index contributed by atoms with van der Waals surface area (Å²) >= 11 is 3.48. The molecule has 0 saturated carbocycles. The number of rotatable bonds is 5. The molecule has 6 heteroatoms. The lowest BCUT2D eigenvalue weighted by Gasteiger charge is -2.10. The summed E-state index contributed by atoms with van der Waals surface area (Å²) in [5.74, 6) is -0.167. The first-order chi connectivity index (χ1) is 12.1. The molecule has 5 nitrogen and oxygen atoms in total. The minimum Gasteiger partial charge on any atom is -0.354 e. The van der Waals surface area contributed by atoms with E-state index in [1.165, 1.54) is 0 Å². The van der Waals surface area contributed by atoms with Crippen molar-refractivity contribution in [1.29, 1.82) is 0 Å². The van der Waals surface area contributed by atoms with Crippen molar-refractivity contribution in [3.8, 4) is 0 Å². The van der Waals surface area contributed by atoms with E-state index in [1.807, 2.05) is 37.3 Å². The summed E-state index contributed by atoms with van der Waals surface area (Å²) in [6, 6.07) is 11.5. The van der Waals surface area contributed by atoms with E-state index in [4.69, 9.17) is 0 Å². The third kappa shape index (κ3) is 4.64. The quantitative estimate of drug-likeness (QED) is 0.677. The van der Waals surface area contributed by atoms with E-state index in [1.54, 1.807) is 30.9 Å². The van der Waals surface area contributed by atoms with Crippen LogP contribution in [0.5, 0.6) is 0 Å². The Morgan fingerprint density at radius 1 is 1.04 bits per heavy atom. The third-order valence-electron chi connectivity index (χ3n) is 3.65. The number of nitrogens with zero attached hydrogens (tertiary/aromatic N) is 2. The molecule has 0 aliphatic rings. The lowest BCUT2D eigenvalue weighted by molar-refractivity contribution is 0.0950. The molecule has 0 fully saturated rings. The number of aryl methyl sites for hydroxylation is 1. The van der Waals surface area contributed by atoms with Crippen molar-refractivity contribution in [2.75, 3.05) is 5.32 Å². The van der Waals surface area contributed by atoms with Gasteiger partial charge < -0.3 is 10.6 Å². The van der Waals surface area contributed by atoms with Crippen LogP contribution < -0.4 is 10.6 Å². The zero-order chi connectivity index (χ0) is 17.6.